The molecule has 0 saturated carbocycles. The summed E-state index contributed by atoms with van der Waals surface area (Å²) in [6.07, 6.45) is 0. The van der Waals surface area contributed by atoms with Crippen LogP contribution in [-0.4, -0.2) is 7.05 Å². The first-order valence-corrected chi connectivity index (χ1v) is 4.38. The second-order valence-electron chi connectivity index (χ2n) is 3.37. The van der Waals surface area contributed by atoms with E-state index >= 15 is 0 Å². The lowest BCUT2D eigenvalue weighted by Crippen LogP contribution is -1.88. The molecule has 0 aliphatic rings. The molecule has 66 valence electrons. The highest BCUT2D eigenvalue weighted by Crippen LogP contribution is 2.15. The Hall–Kier alpha value is -0.820. The molecule has 1 aromatic rings. The van der Waals surface area contributed by atoms with Crippen LogP contribution in [0.3, 0.4) is 0 Å². The van der Waals surface area contributed by atoms with E-state index in [1.807, 2.05) is 7.05 Å². The number of hydrogen-bond donors (Lipinski definition) is 0. The monoisotopic (exact) mass is 162 g/mol. The fourth-order valence-corrected chi connectivity index (χ4v) is 1.19. The van der Waals surface area contributed by atoms with E-state index in [4.69, 9.17) is 0 Å². The molecular formula is C11H16N-. The molecule has 1 aromatic carbocycles. The third kappa shape index (κ3) is 2.35. The summed E-state index contributed by atoms with van der Waals surface area (Å²) in [4.78, 5) is 0. The van der Waals surface area contributed by atoms with E-state index < -0.39 is 0 Å². The number of nitrogens with zero attached hydrogens (tertiary/aromatic N) is 1. The number of benzene rings is 1. The van der Waals surface area contributed by atoms with E-state index in [0.717, 1.165) is 6.54 Å². The van der Waals surface area contributed by atoms with E-state index in [2.05, 4.69) is 43.4 Å². The molecule has 0 atom stereocenters. The highest BCUT2D eigenvalue weighted by Gasteiger charge is 1.96. The van der Waals surface area contributed by atoms with Crippen molar-refractivity contribution in [2.75, 3.05) is 7.05 Å². The summed E-state index contributed by atoms with van der Waals surface area (Å²) < 4.78 is 0. The Bertz CT molecular complexity index is 223. The van der Waals surface area contributed by atoms with Crippen LogP contribution in [-0.2, 0) is 6.54 Å². The van der Waals surface area contributed by atoms with Crippen LogP contribution in [0.1, 0.15) is 30.9 Å². The zero-order valence-electron chi connectivity index (χ0n) is 8.04. The van der Waals surface area contributed by atoms with Gasteiger partial charge in [-0.25, -0.2) is 0 Å². The number of hydrogen-bond acceptors (Lipinski definition) is 0. The van der Waals surface area contributed by atoms with Crippen molar-refractivity contribution in [3.8, 4) is 0 Å². The van der Waals surface area contributed by atoms with Crippen molar-refractivity contribution in [1.82, 2.24) is 0 Å². The summed E-state index contributed by atoms with van der Waals surface area (Å²) in [6, 6.07) is 8.68. The van der Waals surface area contributed by atoms with Crippen molar-refractivity contribution >= 4 is 0 Å². The third-order valence-corrected chi connectivity index (χ3v) is 1.99. The molecule has 0 unspecified atom stereocenters. The van der Waals surface area contributed by atoms with Gasteiger partial charge in [-0.15, -0.1) is 6.54 Å². The highest BCUT2D eigenvalue weighted by molar-refractivity contribution is 5.25. The first kappa shape index (κ1) is 9.27. The van der Waals surface area contributed by atoms with E-state index in [9.17, 15) is 0 Å². The first-order chi connectivity index (χ1) is 5.74. The van der Waals surface area contributed by atoms with Gasteiger partial charge in [0.1, 0.15) is 0 Å². The van der Waals surface area contributed by atoms with Gasteiger partial charge in [0.2, 0.25) is 0 Å². The zero-order chi connectivity index (χ0) is 8.97. The molecule has 0 heterocycles. The summed E-state index contributed by atoms with van der Waals surface area (Å²) in [7, 11) is 1.84. The lowest BCUT2D eigenvalue weighted by atomic mass is 10.0. The maximum absolute atomic E-state index is 4.08. The van der Waals surface area contributed by atoms with Crippen molar-refractivity contribution in [2.45, 2.75) is 26.3 Å². The van der Waals surface area contributed by atoms with E-state index in [0.29, 0.717) is 5.92 Å². The molecule has 1 rings (SSSR count). The molecular weight excluding hydrogens is 146 g/mol. The van der Waals surface area contributed by atoms with Crippen LogP contribution in [0.4, 0.5) is 0 Å². The molecule has 1 nitrogen and oxygen atoms in total. The minimum Gasteiger partial charge on any atom is -0.661 e. The molecule has 0 N–H and O–H groups in total. The molecule has 0 aliphatic carbocycles. The second-order valence-corrected chi connectivity index (χ2v) is 3.37. The smallest absolute Gasteiger partial charge is 0.0219 e. The molecule has 0 aromatic heterocycles. The fourth-order valence-electron chi connectivity index (χ4n) is 1.19. The van der Waals surface area contributed by atoms with E-state index in [1.54, 1.807) is 0 Å². The maximum Gasteiger partial charge on any atom is -0.0219 e. The lowest BCUT2D eigenvalue weighted by molar-refractivity contribution is 0.865. The molecule has 0 bridgehead atoms. The minimum absolute atomic E-state index is 0.623. The SMILES string of the molecule is C[N-]Cc1ccc(C(C)C)cc1. The van der Waals surface area contributed by atoms with Gasteiger partial charge in [-0.05, 0) is 11.5 Å². The van der Waals surface area contributed by atoms with Crippen LogP contribution < -0.4 is 0 Å². The van der Waals surface area contributed by atoms with Gasteiger partial charge in [0.15, 0.2) is 0 Å². The predicted octanol–water partition coefficient (Wildman–Crippen LogP) is 3.31. The summed E-state index contributed by atoms with van der Waals surface area (Å²) in [5.74, 6) is 0.623. The quantitative estimate of drug-likeness (QED) is 0.647. The molecule has 0 amide bonds. The van der Waals surface area contributed by atoms with Crippen LogP contribution in [0.25, 0.3) is 5.32 Å². The van der Waals surface area contributed by atoms with Gasteiger partial charge in [-0.2, -0.15) is 7.05 Å². The first-order valence-electron chi connectivity index (χ1n) is 4.38. The lowest BCUT2D eigenvalue weighted by Gasteiger charge is -2.12. The van der Waals surface area contributed by atoms with E-state index in [-0.39, 0.29) is 0 Å². The Labute approximate surface area is 74.8 Å². The molecule has 0 spiro atoms. The Morgan fingerprint density at radius 2 is 1.75 bits per heavy atom. The maximum atomic E-state index is 4.08. The summed E-state index contributed by atoms with van der Waals surface area (Å²) in [6.45, 7) is 5.25. The van der Waals surface area contributed by atoms with Crippen LogP contribution >= 0.6 is 0 Å². The van der Waals surface area contributed by atoms with Crippen molar-refractivity contribution in [2.24, 2.45) is 0 Å². The third-order valence-electron chi connectivity index (χ3n) is 1.99. The van der Waals surface area contributed by atoms with Gasteiger partial charge in [-0.1, -0.05) is 43.7 Å². The minimum atomic E-state index is 0.623. The molecule has 1 heteroatoms. The van der Waals surface area contributed by atoms with Gasteiger partial charge in [0, 0.05) is 0 Å². The zero-order valence-corrected chi connectivity index (χ0v) is 8.04. The van der Waals surface area contributed by atoms with Crippen molar-refractivity contribution in [3.63, 3.8) is 0 Å². The van der Waals surface area contributed by atoms with Crippen molar-refractivity contribution in [1.29, 1.82) is 0 Å². The fraction of sp³-hybridized carbons (Fsp3) is 0.455. The van der Waals surface area contributed by atoms with Gasteiger partial charge in [-0.3, -0.25) is 0 Å². The predicted molar refractivity (Wildman–Crippen MR) is 53.5 cm³/mol. The van der Waals surface area contributed by atoms with Crippen molar-refractivity contribution < 1.29 is 0 Å². The Balaban J connectivity index is 2.71. The van der Waals surface area contributed by atoms with Gasteiger partial charge < -0.3 is 5.32 Å². The second kappa shape index (κ2) is 4.27. The van der Waals surface area contributed by atoms with Crippen LogP contribution in [0.2, 0.25) is 0 Å². The molecule has 0 radical (unpaired) electrons. The normalized spacial score (nSPS) is 10.7. The Kier molecular flexibility index (Phi) is 3.30. The molecule has 0 aliphatic heterocycles. The van der Waals surface area contributed by atoms with Crippen LogP contribution in [0, 0.1) is 0 Å². The largest absolute Gasteiger partial charge is 0.661 e. The highest BCUT2D eigenvalue weighted by atomic mass is 14.8. The Morgan fingerprint density at radius 1 is 1.17 bits per heavy atom. The molecule has 12 heavy (non-hydrogen) atoms. The van der Waals surface area contributed by atoms with Gasteiger partial charge in [0.05, 0.1) is 0 Å². The van der Waals surface area contributed by atoms with Crippen LogP contribution in [0.15, 0.2) is 24.3 Å². The van der Waals surface area contributed by atoms with Crippen molar-refractivity contribution in [3.05, 3.63) is 40.7 Å². The number of rotatable bonds is 3. The summed E-state index contributed by atoms with van der Waals surface area (Å²) in [5.41, 5.74) is 2.69. The topological polar surface area (TPSA) is 14.1 Å². The standard InChI is InChI=1S/C11H16N/c1-9(2)11-6-4-10(5-7-11)8-12-3/h4-7,9H,8H2,1-3H3/q-1. The van der Waals surface area contributed by atoms with Crippen LogP contribution in [0.5, 0.6) is 0 Å². The summed E-state index contributed by atoms with van der Waals surface area (Å²) >= 11 is 0. The average Bonchev–Trinajstić information content (AvgIpc) is 2.06. The van der Waals surface area contributed by atoms with Gasteiger partial charge in [0.25, 0.3) is 0 Å². The Morgan fingerprint density at radius 3 is 2.17 bits per heavy atom. The van der Waals surface area contributed by atoms with E-state index in [1.165, 1.54) is 11.1 Å². The molecule has 0 fully saturated rings. The van der Waals surface area contributed by atoms with Gasteiger partial charge >= 0.3 is 0 Å². The average molecular weight is 162 g/mol. The molecule has 0 saturated heterocycles. The summed E-state index contributed by atoms with van der Waals surface area (Å²) in [5, 5.41) is 4.08.